The molecule has 0 radical (unpaired) electrons. The van der Waals surface area contributed by atoms with Gasteiger partial charge in [-0.05, 0) is 5.92 Å². The van der Waals surface area contributed by atoms with Crippen LogP contribution >= 0.6 is 0 Å². The fourth-order valence-electron chi connectivity index (χ4n) is 3.28. The Kier molecular flexibility index (Phi) is 7.02. The molecule has 4 aromatic rings. The van der Waals surface area contributed by atoms with Gasteiger partial charge in [0.2, 0.25) is 11.9 Å². The van der Waals surface area contributed by atoms with E-state index in [1.165, 1.54) is 17.2 Å². The van der Waals surface area contributed by atoms with Crippen molar-refractivity contribution in [3.05, 3.63) is 33.4 Å². The van der Waals surface area contributed by atoms with Crippen LogP contribution in [0.1, 0.15) is 13.8 Å². The van der Waals surface area contributed by atoms with Crippen LogP contribution in [0.5, 0.6) is 0 Å². The molecule has 1 atom stereocenters. The number of aromatic nitrogens is 8. The molecule has 4 heterocycles. The summed E-state index contributed by atoms with van der Waals surface area (Å²) in [6, 6.07) is -0.611. The van der Waals surface area contributed by atoms with E-state index in [1.54, 1.807) is 0 Å². The molecular formula is C19H25N11O5. The number of carbonyl (C=O) groups is 1. The third kappa shape index (κ3) is 5.44. The van der Waals surface area contributed by atoms with Gasteiger partial charge in [-0.25, -0.2) is 9.97 Å². The number of rotatable bonds is 11. The molecule has 186 valence electrons. The maximum absolute atomic E-state index is 12.5. The Bertz CT molecular complexity index is 1440. The number of H-pyrrole nitrogens is 3. The van der Waals surface area contributed by atoms with Gasteiger partial charge < -0.3 is 25.5 Å². The smallest absolute Gasteiger partial charge is 0.323 e. The molecule has 7 N–H and O–H groups in total. The van der Waals surface area contributed by atoms with E-state index < -0.39 is 17.6 Å². The third-order valence-corrected chi connectivity index (χ3v) is 4.99. The lowest BCUT2D eigenvalue weighted by atomic mass is 10.1. The first-order valence-electron chi connectivity index (χ1n) is 10.7. The van der Waals surface area contributed by atoms with Crippen LogP contribution in [0.2, 0.25) is 0 Å². The highest BCUT2D eigenvalue weighted by atomic mass is 16.6. The van der Waals surface area contributed by atoms with E-state index in [0.29, 0.717) is 5.65 Å². The Labute approximate surface area is 196 Å². The van der Waals surface area contributed by atoms with Gasteiger partial charge in [0, 0.05) is 0 Å². The van der Waals surface area contributed by atoms with Gasteiger partial charge in [0.25, 0.3) is 11.1 Å². The highest BCUT2D eigenvalue weighted by Gasteiger charge is 2.23. The number of aromatic amines is 3. The van der Waals surface area contributed by atoms with Crippen LogP contribution < -0.4 is 27.5 Å². The minimum Gasteiger partial charge on any atom is -0.462 e. The zero-order chi connectivity index (χ0) is 24.9. The van der Waals surface area contributed by atoms with Gasteiger partial charge in [-0.3, -0.25) is 34.2 Å². The third-order valence-electron chi connectivity index (χ3n) is 4.99. The van der Waals surface area contributed by atoms with Crippen LogP contribution in [0, 0.1) is 5.92 Å². The summed E-state index contributed by atoms with van der Waals surface area (Å²) in [4.78, 5) is 60.2. The van der Waals surface area contributed by atoms with Crippen molar-refractivity contribution < 1.29 is 14.3 Å². The lowest BCUT2D eigenvalue weighted by molar-refractivity contribution is -0.149. The van der Waals surface area contributed by atoms with Gasteiger partial charge in [-0.15, -0.1) is 0 Å². The van der Waals surface area contributed by atoms with E-state index in [-0.39, 0.29) is 66.7 Å². The second-order valence-electron chi connectivity index (χ2n) is 7.84. The summed E-state index contributed by atoms with van der Waals surface area (Å²) in [5.74, 6) is -0.331. The molecular weight excluding hydrogens is 462 g/mol. The molecule has 0 aliphatic heterocycles. The number of fused-ring (bicyclic) bond motifs is 2. The second-order valence-corrected chi connectivity index (χ2v) is 7.84. The molecule has 0 aliphatic carbocycles. The Hall–Kier alpha value is -4.31. The number of nitrogens with one attached hydrogen (secondary N) is 5. The van der Waals surface area contributed by atoms with Gasteiger partial charge in [-0.2, -0.15) is 9.97 Å². The second kappa shape index (κ2) is 10.3. The van der Waals surface area contributed by atoms with Crippen LogP contribution in [0.4, 0.5) is 11.9 Å². The normalized spacial score (nSPS) is 12.4. The Morgan fingerprint density at radius 3 is 2.80 bits per heavy atom. The molecule has 0 fully saturated rings. The summed E-state index contributed by atoms with van der Waals surface area (Å²) >= 11 is 0. The first kappa shape index (κ1) is 23.8. The SMILES string of the molecule is CC(C)[C@H](NCNc1nc2nc[nH]c2c(=O)[nH]1)C(=O)OCCOCn1cnc2c(=O)[nH]c(N)nc21. The highest BCUT2D eigenvalue weighted by molar-refractivity contribution is 5.76. The van der Waals surface area contributed by atoms with Crippen LogP contribution in [0.25, 0.3) is 22.3 Å². The summed E-state index contributed by atoms with van der Waals surface area (Å²) in [5.41, 5.74) is 5.78. The van der Waals surface area contributed by atoms with Gasteiger partial charge in [0.05, 0.1) is 25.9 Å². The average molecular weight is 487 g/mol. The Morgan fingerprint density at radius 1 is 1.17 bits per heavy atom. The highest BCUT2D eigenvalue weighted by Crippen LogP contribution is 2.07. The zero-order valence-electron chi connectivity index (χ0n) is 19.0. The molecule has 0 bridgehead atoms. The van der Waals surface area contributed by atoms with Crippen molar-refractivity contribution in [2.75, 3.05) is 30.9 Å². The molecule has 16 heteroatoms. The molecule has 35 heavy (non-hydrogen) atoms. The number of nitrogens with two attached hydrogens (primary N) is 1. The average Bonchev–Trinajstić information content (AvgIpc) is 3.44. The van der Waals surface area contributed by atoms with E-state index in [2.05, 4.69) is 45.5 Å². The number of ether oxygens (including phenoxy) is 2. The zero-order valence-corrected chi connectivity index (χ0v) is 19.0. The van der Waals surface area contributed by atoms with Gasteiger partial charge >= 0.3 is 5.97 Å². The van der Waals surface area contributed by atoms with Crippen molar-refractivity contribution in [2.45, 2.75) is 26.6 Å². The van der Waals surface area contributed by atoms with E-state index in [4.69, 9.17) is 15.2 Å². The molecule has 0 unspecified atom stereocenters. The Morgan fingerprint density at radius 2 is 2.00 bits per heavy atom. The predicted molar refractivity (Wildman–Crippen MR) is 124 cm³/mol. The molecule has 0 saturated carbocycles. The minimum atomic E-state index is -0.611. The van der Waals surface area contributed by atoms with Gasteiger partial charge in [-0.1, -0.05) is 13.8 Å². The van der Waals surface area contributed by atoms with E-state index in [0.717, 1.165) is 0 Å². The summed E-state index contributed by atoms with van der Waals surface area (Å²) in [7, 11) is 0. The summed E-state index contributed by atoms with van der Waals surface area (Å²) < 4.78 is 12.3. The lowest BCUT2D eigenvalue weighted by Crippen LogP contribution is -2.44. The number of nitrogen functional groups attached to an aromatic ring is 1. The quantitative estimate of drug-likeness (QED) is 0.0839. The van der Waals surface area contributed by atoms with Crippen molar-refractivity contribution >= 4 is 40.2 Å². The molecule has 4 rings (SSSR count). The molecule has 0 aromatic carbocycles. The van der Waals surface area contributed by atoms with E-state index >= 15 is 0 Å². The van der Waals surface area contributed by atoms with Crippen molar-refractivity contribution in [2.24, 2.45) is 5.92 Å². The van der Waals surface area contributed by atoms with Gasteiger partial charge in [0.15, 0.2) is 22.3 Å². The molecule has 16 nitrogen and oxygen atoms in total. The van der Waals surface area contributed by atoms with Crippen molar-refractivity contribution in [1.82, 2.24) is 44.8 Å². The first-order chi connectivity index (χ1) is 16.8. The van der Waals surface area contributed by atoms with Crippen LogP contribution in [0.15, 0.2) is 22.2 Å². The molecule has 0 saturated heterocycles. The molecule has 0 spiro atoms. The standard InChI is InChI=1S/C19H25N11O5/c1-9(2)10(21-6-24-19-26-13-11(15(31)29-19)22-5-23-13)17(33)35-4-3-34-8-30-7-25-12-14(30)27-18(20)28-16(12)32/h5,7,9-10,21H,3-4,6,8H2,1-2H3,(H3,20,27,28,32)(H3,22,23,24,26,29,31)/t10-/m0/s1. The summed E-state index contributed by atoms with van der Waals surface area (Å²) in [6.07, 6.45) is 2.80. The number of hydrogen-bond donors (Lipinski definition) is 6. The van der Waals surface area contributed by atoms with E-state index in [1.807, 2.05) is 13.8 Å². The maximum atomic E-state index is 12.5. The fourth-order valence-corrected chi connectivity index (χ4v) is 3.28. The fraction of sp³-hybridized carbons (Fsp3) is 0.421. The number of imidazole rings is 2. The largest absolute Gasteiger partial charge is 0.462 e. The van der Waals surface area contributed by atoms with Crippen molar-refractivity contribution in [3.8, 4) is 0 Å². The minimum absolute atomic E-state index is 0.0185. The van der Waals surface area contributed by atoms with Crippen molar-refractivity contribution in [3.63, 3.8) is 0 Å². The van der Waals surface area contributed by atoms with Crippen LogP contribution in [-0.2, 0) is 21.0 Å². The number of carbonyl (C=O) groups excluding carboxylic acids is 1. The first-order valence-corrected chi connectivity index (χ1v) is 10.7. The monoisotopic (exact) mass is 487 g/mol. The summed E-state index contributed by atoms with van der Waals surface area (Å²) in [5, 5.41) is 5.95. The molecule has 0 aliphatic rings. The van der Waals surface area contributed by atoms with E-state index in [9.17, 15) is 14.4 Å². The number of nitrogens with zero attached hydrogens (tertiary/aromatic N) is 5. The number of esters is 1. The topological polar surface area (TPSA) is 224 Å². The van der Waals surface area contributed by atoms with Crippen LogP contribution in [0.3, 0.4) is 0 Å². The lowest BCUT2D eigenvalue weighted by Gasteiger charge is -2.21. The predicted octanol–water partition coefficient (Wildman–Crippen LogP) is -1.14. The summed E-state index contributed by atoms with van der Waals surface area (Å²) in [6.45, 7) is 4.07. The Balaban J connectivity index is 1.23. The van der Waals surface area contributed by atoms with Gasteiger partial charge in [0.1, 0.15) is 19.4 Å². The maximum Gasteiger partial charge on any atom is 0.323 e. The van der Waals surface area contributed by atoms with Crippen molar-refractivity contribution in [1.29, 1.82) is 0 Å². The molecule has 4 aromatic heterocycles. The number of hydrogen-bond acceptors (Lipinski definition) is 12. The van der Waals surface area contributed by atoms with Crippen LogP contribution in [-0.4, -0.2) is 71.3 Å². The number of anilines is 2. The molecule has 0 amide bonds.